The quantitative estimate of drug-likeness (QED) is 0.349. The van der Waals surface area contributed by atoms with Crippen molar-refractivity contribution in [1.29, 1.82) is 0 Å². The Balaban J connectivity index is 1.99. The SMILES string of the molecule is CCCCCCCCCc1ccc(B2OC(C)(C)C(C)(C)O2)c(C(C)C)c1. The molecular formula is C24H41BO2. The van der Waals surface area contributed by atoms with Gasteiger partial charge < -0.3 is 9.31 Å². The van der Waals surface area contributed by atoms with Gasteiger partial charge in [-0.05, 0) is 63.0 Å². The Bertz CT molecular complexity index is 576. The van der Waals surface area contributed by atoms with E-state index in [0.717, 1.165) is 0 Å². The predicted octanol–water partition coefficient (Wildman–Crippen LogP) is 6.40. The summed E-state index contributed by atoms with van der Waals surface area (Å²) in [7, 11) is -0.264. The predicted molar refractivity (Wildman–Crippen MR) is 118 cm³/mol. The summed E-state index contributed by atoms with van der Waals surface area (Å²) >= 11 is 0. The van der Waals surface area contributed by atoms with Crippen LogP contribution in [-0.2, 0) is 15.7 Å². The smallest absolute Gasteiger partial charge is 0.399 e. The van der Waals surface area contributed by atoms with Crippen molar-refractivity contribution in [3.63, 3.8) is 0 Å². The van der Waals surface area contributed by atoms with Gasteiger partial charge in [0, 0.05) is 0 Å². The minimum absolute atomic E-state index is 0.264. The van der Waals surface area contributed by atoms with Crippen LogP contribution in [-0.4, -0.2) is 18.3 Å². The van der Waals surface area contributed by atoms with Gasteiger partial charge in [0.15, 0.2) is 0 Å². The molecule has 1 saturated heterocycles. The van der Waals surface area contributed by atoms with Crippen LogP contribution < -0.4 is 5.46 Å². The highest BCUT2D eigenvalue weighted by Gasteiger charge is 2.52. The summed E-state index contributed by atoms with van der Waals surface area (Å²) in [4.78, 5) is 0. The van der Waals surface area contributed by atoms with Crippen molar-refractivity contribution in [1.82, 2.24) is 0 Å². The van der Waals surface area contributed by atoms with Crippen LogP contribution in [0.2, 0.25) is 0 Å². The minimum Gasteiger partial charge on any atom is -0.399 e. The third-order valence-corrected chi connectivity index (χ3v) is 6.35. The van der Waals surface area contributed by atoms with E-state index in [-0.39, 0.29) is 18.3 Å². The molecule has 0 aliphatic carbocycles. The lowest BCUT2D eigenvalue weighted by Crippen LogP contribution is -2.41. The minimum atomic E-state index is -0.289. The van der Waals surface area contributed by atoms with Crippen molar-refractivity contribution in [3.8, 4) is 0 Å². The monoisotopic (exact) mass is 372 g/mol. The van der Waals surface area contributed by atoms with Crippen LogP contribution in [0.15, 0.2) is 18.2 Å². The van der Waals surface area contributed by atoms with Crippen molar-refractivity contribution in [2.75, 3.05) is 0 Å². The molecule has 0 saturated carbocycles. The number of hydrogen-bond acceptors (Lipinski definition) is 2. The van der Waals surface area contributed by atoms with Crippen molar-refractivity contribution in [2.45, 2.75) is 117 Å². The molecule has 0 N–H and O–H groups in total. The van der Waals surface area contributed by atoms with Crippen LogP contribution in [0.5, 0.6) is 0 Å². The van der Waals surface area contributed by atoms with Crippen LogP contribution in [0.3, 0.4) is 0 Å². The molecule has 1 aliphatic rings. The zero-order valence-corrected chi connectivity index (χ0v) is 18.9. The third-order valence-electron chi connectivity index (χ3n) is 6.35. The maximum Gasteiger partial charge on any atom is 0.495 e. The number of hydrogen-bond donors (Lipinski definition) is 0. The van der Waals surface area contributed by atoms with E-state index in [2.05, 4.69) is 66.7 Å². The molecule has 1 aromatic carbocycles. The summed E-state index contributed by atoms with van der Waals surface area (Å²) in [6.07, 6.45) is 10.7. The first kappa shape index (κ1) is 22.5. The van der Waals surface area contributed by atoms with Crippen molar-refractivity contribution in [2.24, 2.45) is 0 Å². The van der Waals surface area contributed by atoms with Gasteiger partial charge in [0.2, 0.25) is 0 Å². The summed E-state index contributed by atoms with van der Waals surface area (Å²) in [5.74, 6) is 0.466. The standard InChI is InChI=1S/C24H41BO2/c1-8-9-10-11-12-13-14-15-20-16-17-22(21(18-20)19(2)3)25-26-23(4,5)24(6,7)27-25/h16-19H,8-15H2,1-7H3. The summed E-state index contributed by atoms with van der Waals surface area (Å²) in [6.45, 7) is 15.3. The largest absolute Gasteiger partial charge is 0.495 e. The molecule has 3 heteroatoms. The van der Waals surface area contributed by atoms with E-state index in [1.807, 2.05) is 0 Å². The molecule has 2 rings (SSSR count). The van der Waals surface area contributed by atoms with Crippen LogP contribution in [0.1, 0.15) is 110 Å². The fraction of sp³-hybridized carbons (Fsp3) is 0.750. The Hall–Kier alpha value is -0.795. The molecule has 1 heterocycles. The Morgan fingerprint density at radius 1 is 0.852 bits per heavy atom. The van der Waals surface area contributed by atoms with Gasteiger partial charge in [-0.25, -0.2) is 0 Å². The Kier molecular flexibility index (Phi) is 8.00. The van der Waals surface area contributed by atoms with Crippen molar-refractivity contribution >= 4 is 12.6 Å². The van der Waals surface area contributed by atoms with E-state index in [9.17, 15) is 0 Å². The van der Waals surface area contributed by atoms with E-state index in [1.54, 1.807) is 0 Å². The topological polar surface area (TPSA) is 18.5 Å². The van der Waals surface area contributed by atoms with Gasteiger partial charge >= 0.3 is 7.12 Å². The number of aryl methyl sites for hydroxylation is 1. The van der Waals surface area contributed by atoms with Crippen LogP contribution in [0.25, 0.3) is 0 Å². The zero-order chi connectivity index (χ0) is 20.1. The molecule has 1 aliphatic heterocycles. The Morgan fingerprint density at radius 3 is 1.96 bits per heavy atom. The van der Waals surface area contributed by atoms with Gasteiger partial charge in [-0.15, -0.1) is 0 Å². The molecule has 1 fully saturated rings. The molecule has 1 aromatic rings. The highest BCUT2D eigenvalue weighted by Crippen LogP contribution is 2.37. The summed E-state index contributed by atoms with van der Waals surface area (Å²) in [5, 5.41) is 0. The average Bonchev–Trinajstić information content (AvgIpc) is 2.81. The second-order valence-corrected chi connectivity index (χ2v) is 9.58. The molecular weight excluding hydrogens is 331 g/mol. The number of benzene rings is 1. The lowest BCUT2D eigenvalue weighted by Gasteiger charge is -2.32. The van der Waals surface area contributed by atoms with E-state index < -0.39 is 0 Å². The molecule has 0 amide bonds. The van der Waals surface area contributed by atoms with Crippen LogP contribution in [0.4, 0.5) is 0 Å². The number of rotatable bonds is 10. The molecule has 27 heavy (non-hydrogen) atoms. The van der Waals surface area contributed by atoms with E-state index in [0.29, 0.717) is 5.92 Å². The highest BCUT2D eigenvalue weighted by molar-refractivity contribution is 6.62. The van der Waals surface area contributed by atoms with E-state index >= 15 is 0 Å². The maximum absolute atomic E-state index is 6.30. The Morgan fingerprint density at radius 2 is 1.41 bits per heavy atom. The lowest BCUT2D eigenvalue weighted by atomic mass is 9.73. The van der Waals surface area contributed by atoms with Gasteiger partial charge in [0.1, 0.15) is 0 Å². The number of unbranched alkanes of at least 4 members (excludes halogenated alkanes) is 6. The van der Waals surface area contributed by atoms with Gasteiger partial charge in [-0.1, -0.05) is 77.5 Å². The first-order valence-corrected chi connectivity index (χ1v) is 11.2. The maximum atomic E-state index is 6.30. The van der Waals surface area contributed by atoms with Gasteiger partial charge in [0.25, 0.3) is 0 Å². The van der Waals surface area contributed by atoms with Gasteiger partial charge in [0.05, 0.1) is 11.2 Å². The molecule has 0 unspecified atom stereocenters. The average molecular weight is 372 g/mol. The van der Waals surface area contributed by atoms with Crippen molar-refractivity contribution in [3.05, 3.63) is 29.3 Å². The summed E-state index contributed by atoms with van der Waals surface area (Å²) < 4.78 is 12.6. The third kappa shape index (κ3) is 5.84. The molecule has 0 bridgehead atoms. The molecule has 0 spiro atoms. The Labute approximate surface area is 168 Å². The molecule has 152 valence electrons. The highest BCUT2D eigenvalue weighted by atomic mass is 16.7. The van der Waals surface area contributed by atoms with Crippen molar-refractivity contribution < 1.29 is 9.31 Å². The molecule has 2 nitrogen and oxygen atoms in total. The van der Waals surface area contributed by atoms with Gasteiger partial charge in [-0.3, -0.25) is 0 Å². The summed E-state index contributed by atoms with van der Waals surface area (Å²) in [5.41, 5.74) is 3.44. The van der Waals surface area contributed by atoms with E-state index in [1.165, 1.54) is 68.0 Å². The second-order valence-electron chi connectivity index (χ2n) is 9.58. The first-order chi connectivity index (χ1) is 12.7. The summed E-state index contributed by atoms with van der Waals surface area (Å²) in [6, 6.07) is 6.92. The second kappa shape index (κ2) is 9.61. The molecule has 0 radical (unpaired) electrons. The molecule has 0 atom stereocenters. The normalized spacial score (nSPS) is 18.4. The molecule has 0 aromatic heterocycles. The lowest BCUT2D eigenvalue weighted by molar-refractivity contribution is 0.00578. The van der Waals surface area contributed by atoms with Crippen LogP contribution >= 0.6 is 0 Å². The first-order valence-electron chi connectivity index (χ1n) is 11.2. The fourth-order valence-electron chi connectivity index (χ4n) is 3.75. The zero-order valence-electron chi connectivity index (χ0n) is 18.9. The fourth-order valence-corrected chi connectivity index (χ4v) is 3.75. The van der Waals surface area contributed by atoms with Crippen LogP contribution in [0, 0.1) is 0 Å². The van der Waals surface area contributed by atoms with E-state index in [4.69, 9.17) is 9.31 Å². The van der Waals surface area contributed by atoms with Gasteiger partial charge in [-0.2, -0.15) is 0 Å².